The zero-order chi connectivity index (χ0) is 14.8. The van der Waals surface area contributed by atoms with Crippen molar-refractivity contribution >= 4 is 23.4 Å². The molecule has 0 spiro atoms. The number of benzene rings is 2. The lowest BCUT2D eigenvalue weighted by Crippen LogP contribution is -2.31. The summed E-state index contributed by atoms with van der Waals surface area (Å²) in [6.45, 7) is 2.36. The molecule has 0 aromatic heterocycles. The molecule has 4 heteroatoms. The number of rotatable bonds is 1. The number of anilines is 1. The van der Waals surface area contributed by atoms with Crippen LogP contribution in [0.5, 0.6) is 0 Å². The molecule has 0 atom stereocenters. The first-order valence-electron chi connectivity index (χ1n) is 6.96. The first-order valence-corrected chi connectivity index (χ1v) is 7.95. The van der Waals surface area contributed by atoms with E-state index in [9.17, 15) is 9.18 Å². The van der Waals surface area contributed by atoms with Gasteiger partial charge in [0.25, 0.3) is 5.91 Å². The van der Waals surface area contributed by atoms with Gasteiger partial charge >= 0.3 is 0 Å². The van der Waals surface area contributed by atoms with Crippen LogP contribution in [0.15, 0.2) is 47.4 Å². The highest BCUT2D eigenvalue weighted by molar-refractivity contribution is 7.99. The van der Waals surface area contributed by atoms with Crippen LogP contribution in [0.25, 0.3) is 0 Å². The predicted octanol–water partition coefficient (Wildman–Crippen LogP) is 4.28. The van der Waals surface area contributed by atoms with Crippen LogP contribution in [-0.4, -0.2) is 18.2 Å². The standard InChI is InChI=1S/C17H16FNOS/c1-12-7-8-13(11-14(12)18)17(20)19-9-4-10-21-16-6-3-2-5-15(16)19/h2-3,5-8,11H,4,9-10H2,1H3. The Labute approximate surface area is 128 Å². The largest absolute Gasteiger partial charge is 0.307 e. The maximum Gasteiger partial charge on any atom is 0.258 e. The molecule has 0 fully saturated rings. The molecule has 0 bridgehead atoms. The molecule has 1 heterocycles. The minimum atomic E-state index is -0.335. The normalized spacial score (nSPS) is 14.5. The van der Waals surface area contributed by atoms with Crippen molar-refractivity contribution in [1.82, 2.24) is 0 Å². The third kappa shape index (κ3) is 2.81. The SMILES string of the molecule is Cc1ccc(C(=O)N2CCCSc3ccccc32)cc1F. The van der Waals surface area contributed by atoms with Gasteiger partial charge in [-0.25, -0.2) is 4.39 Å². The van der Waals surface area contributed by atoms with Crippen LogP contribution in [0.2, 0.25) is 0 Å². The predicted molar refractivity (Wildman–Crippen MR) is 84.6 cm³/mol. The summed E-state index contributed by atoms with van der Waals surface area (Å²) in [6.07, 6.45) is 0.930. The van der Waals surface area contributed by atoms with Crippen molar-refractivity contribution in [1.29, 1.82) is 0 Å². The Morgan fingerprint density at radius 3 is 2.86 bits per heavy atom. The Bertz CT molecular complexity index is 686. The molecule has 0 aliphatic carbocycles. The van der Waals surface area contributed by atoms with Crippen LogP contribution in [-0.2, 0) is 0 Å². The molecule has 0 N–H and O–H groups in total. The highest BCUT2D eigenvalue weighted by Crippen LogP contribution is 2.34. The van der Waals surface area contributed by atoms with Crippen molar-refractivity contribution in [3.05, 3.63) is 59.4 Å². The van der Waals surface area contributed by atoms with Crippen molar-refractivity contribution < 1.29 is 9.18 Å². The zero-order valence-corrected chi connectivity index (χ0v) is 12.6. The number of amides is 1. The van der Waals surface area contributed by atoms with E-state index in [4.69, 9.17) is 0 Å². The maximum absolute atomic E-state index is 13.7. The number of carbonyl (C=O) groups is 1. The summed E-state index contributed by atoms with van der Waals surface area (Å²) in [5.74, 6) is 0.519. The number of halogens is 1. The Morgan fingerprint density at radius 1 is 1.24 bits per heavy atom. The maximum atomic E-state index is 13.7. The number of para-hydroxylation sites is 1. The first kappa shape index (κ1) is 14.1. The molecule has 1 amide bonds. The van der Waals surface area contributed by atoms with Gasteiger partial charge in [0, 0.05) is 17.0 Å². The summed E-state index contributed by atoms with van der Waals surface area (Å²) >= 11 is 1.76. The van der Waals surface area contributed by atoms with E-state index < -0.39 is 0 Å². The van der Waals surface area contributed by atoms with Gasteiger partial charge in [-0.3, -0.25) is 4.79 Å². The van der Waals surface area contributed by atoms with E-state index in [1.54, 1.807) is 35.7 Å². The fourth-order valence-electron chi connectivity index (χ4n) is 2.42. The fourth-order valence-corrected chi connectivity index (χ4v) is 3.41. The second-order valence-corrected chi connectivity index (χ2v) is 6.23. The van der Waals surface area contributed by atoms with Crippen molar-refractivity contribution in [2.24, 2.45) is 0 Å². The Morgan fingerprint density at radius 2 is 2.05 bits per heavy atom. The second-order valence-electron chi connectivity index (χ2n) is 5.09. The summed E-state index contributed by atoms with van der Waals surface area (Å²) in [6, 6.07) is 12.6. The second kappa shape index (κ2) is 5.90. The molecule has 3 rings (SSSR count). The average Bonchev–Trinajstić information content (AvgIpc) is 2.71. The quantitative estimate of drug-likeness (QED) is 0.783. The van der Waals surface area contributed by atoms with Gasteiger partial charge in [-0.1, -0.05) is 18.2 Å². The molecular weight excluding hydrogens is 285 g/mol. The van der Waals surface area contributed by atoms with Crippen LogP contribution >= 0.6 is 11.8 Å². The van der Waals surface area contributed by atoms with Gasteiger partial charge in [0.15, 0.2) is 0 Å². The van der Waals surface area contributed by atoms with E-state index in [0.29, 0.717) is 17.7 Å². The molecule has 2 aromatic carbocycles. The minimum Gasteiger partial charge on any atom is -0.307 e. The summed E-state index contributed by atoms with van der Waals surface area (Å²) in [5, 5.41) is 0. The molecule has 0 saturated carbocycles. The van der Waals surface area contributed by atoms with Crippen LogP contribution in [0, 0.1) is 12.7 Å². The third-order valence-corrected chi connectivity index (χ3v) is 4.75. The number of thioether (sulfide) groups is 1. The van der Waals surface area contributed by atoms with E-state index in [2.05, 4.69) is 0 Å². The van der Waals surface area contributed by atoms with E-state index in [-0.39, 0.29) is 11.7 Å². The lowest BCUT2D eigenvalue weighted by Gasteiger charge is -2.22. The Balaban J connectivity index is 1.99. The van der Waals surface area contributed by atoms with Crippen molar-refractivity contribution in [3.63, 3.8) is 0 Å². The molecule has 0 unspecified atom stereocenters. The highest BCUT2D eigenvalue weighted by atomic mass is 32.2. The Hall–Kier alpha value is -1.81. The van der Waals surface area contributed by atoms with Gasteiger partial charge < -0.3 is 4.90 Å². The third-order valence-electron chi connectivity index (χ3n) is 3.60. The molecular formula is C17H16FNOS. The van der Waals surface area contributed by atoms with Gasteiger partial charge in [-0.2, -0.15) is 0 Å². The molecule has 108 valence electrons. The van der Waals surface area contributed by atoms with Gasteiger partial charge in [0.05, 0.1) is 5.69 Å². The van der Waals surface area contributed by atoms with Crippen LogP contribution in [0.3, 0.4) is 0 Å². The molecule has 2 aromatic rings. The summed E-state index contributed by atoms with van der Waals surface area (Å²) < 4.78 is 13.7. The number of aryl methyl sites for hydroxylation is 1. The van der Waals surface area contributed by atoms with Crippen molar-refractivity contribution in [2.45, 2.75) is 18.2 Å². The first-order chi connectivity index (χ1) is 10.2. The van der Waals surface area contributed by atoms with E-state index in [1.165, 1.54) is 6.07 Å². The minimum absolute atomic E-state index is 0.135. The van der Waals surface area contributed by atoms with Gasteiger partial charge in [0.2, 0.25) is 0 Å². The van der Waals surface area contributed by atoms with Crippen LogP contribution in [0.4, 0.5) is 10.1 Å². The average molecular weight is 301 g/mol. The molecule has 0 saturated heterocycles. The lowest BCUT2D eigenvalue weighted by molar-refractivity contribution is 0.0986. The van der Waals surface area contributed by atoms with Gasteiger partial charge in [-0.15, -0.1) is 11.8 Å². The summed E-state index contributed by atoms with van der Waals surface area (Å²) in [5.41, 5.74) is 1.88. The van der Waals surface area contributed by atoms with Crippen LogP contribution in [0.1, 0.15) is 22.3 Å². The van der Waals surface area contributed by atoms with E-state index in [0.717, 1.165) is 22.8 Å². The molecule has 1 aliphatic heterocycles. The lowest BCUT2D eigenvalue weighted by atomic mass is 10.1. The number of fused-ring (bicyclic) bond motifs is 1. The van der Waals surface area contributed by atoms with Gasteiger partial charge in [0.1, 0.15) is 5.82 Å². The molecule has 0 radical (unpaired) electrons. The van der Waals surface area contributed by atoms with Crippen LogP contribution < -0.4 is 4.90 Å². The number of nitrogens with zero attached hydrogens (tertiary/aromatic N) is 1. The number of carbonyl (C=O) groups excluding carboxylic acids is 1. The fraction of sp³-hybridized carbons (Fsp3) is 0.235. The van der Waals surface area contributed by atoms with E-state index in [1.807, 2.05) is 24.3 Å². The number of hydrogen-bond donors (Lipinski definition) is 0. The monoisotopic (exact) mass is 301 g/mol. The summed E-state index contributed by atoms with van der Waals surface area (Å²) in [4.78, 5) is 15.6. The molecule has 2 nitrogen and oxygen atoms in total. The molecule has 21 heavy (non-hydrogen) atoms. The van der Waals surface area contributed by atoms with Crippen molar-refractivity contribution in [2.75, 3.05) is 17.2 Å². The summed E-state index contributed by atoms with van der Waals surface area (Å²) in [7, 11) is 0. The highest BCUT2D eigenvalue weighted by Gasteiger charge is 2.22. The van der Waals surface area contributed by atoms with E-state index >= 15 is 0 Å². The molecule has 1 aliphatic rings. The smallest absolute Gasteiger partial charge is 0.258 e. The Kier molecular flexibility index (Phi) is 3.97. The van der Waals surface area contributed by atoms with Crippen molar-refractivity contribution in [3.8, 4) is 0 Å². The van der Waals surface area contributed by atoms with Gasteiger partial charge in [-0.05, 0) is 48.9 Å². The zero-order valence-electron chi connectivity index (χ0n) is 11.8. The number of hydrogen-bond acceptors (Lipinski definition) is 2. The topological polar surface area (TPSA) is 20.3 Å².